The number of rotatable bonds is 7. The zero-order valence-electron chi connectivity index (χ0n) is 13.2. The summed E-state index contributed by atoms with van der Waals surface area (Å²) in [7, 11) is 3.29. The summed E-state index contributed by atoms with van der Waals surface area (Å²) in [5.41, 5.74) is 1.90. The quantitative estimate of drug-likeness (QED) is 0.825. The molecule has 0 radical (unpaired) electrons. The van der Waals surface area contributed by atoms with E-state index in [9.17, 15) is 5.11 Å². The first-order valence-corrected chi connectivity index (χ1v) is 7.34. The molecule has 0 fully saturated rings. The van der Waals surface area contributed by atoms with E-state index in [-0.39, 0.29) is 6.04 Å². The maximum Gasteiger partial charge on any atom is 0.123 e. The van der Waals surface area contributed by atoms with Gasteiger partial charge < -0.3 is 19.9 Å². The lowest BCUT2D eigenvalue weighted by Crippen LogP contribution is -2.25. The highest BCUT2D eigenvalue weighted by Crippen LogP contribution is 2.29. The van der Waals surface area contributed by atoms with Crippen LogP contribution < -0.4 is 14.8 Å². The molecule has 0 bridgehead atoms. The number of aliphatic hydroxyl groups excluding tert-OH is 1. The highest BCUT2D eigenvalue weighted by Gasteiger charge is 2.14. The van der Waals surface area contributed by atoms with E-state index in [1.807, 2.05) is 55.5 Å². The normalized spacial score (nSPS) is 13.5. The Bertz CT molecular complexity index is 586. The largest absolute Gasteiger partial charge is 0.497 e. The van der Waals surface area contributed by atoms with Gasteiger partial charge >= 0.3 is 0 Å². The van der Waals surface area contributed by atoms with Gasteiger partial charge in [0.15, 0.2) is 0 Å². The van der Waals surface area contributed by atoms with Crippen molar-refractivity contribution in [3.05, 3.63) is 59.7 Å². The molecule has 0 aliphatic carbocycles. The summed E-state index contributed by atoms with van der Waals surface area (Å²) in [5, 5.41) is 13.6. The van der Waals surface area contributed by atoms with Gasteiger partial charge in [-0.15, -0.1) is 0 Å². The van der Waals surface area contributed by atoms with Crippen LogP contribution >= 0.6 is 0 Å². The van der Waals surface area contributed by atoms with Gasteiger partial charge in [-0.1, -0.05) is 30.3 Å². The Hall–Kier alpha value is -2.04. The summed E-state index contributed by atoms with van der Waals surface area (Å²) >= 11 is 0. The maximum absolute atomic E-state index is 10.2. The monoisotopic (exact) mass is 301 g/mol. The first-order valence-electron chi connectivity index (χ1n) is 7.34. The smallest absolute Gasteiger partial charge is 0.123 e. The summed E-state index contributed by atoms with van der Waals surface area (Å²) in [6.07, 6.45) is -0.541. The predicted octanol–water partition coefficient (Wildman–Crippen LogP) is 3.09. The molecule has 0 spiro atoms. The van der Waals surface area contributed by atoms with Crippen LogP contribution in [-0.2, 0) is 0 Å². The molecule has 2 aromatic rings. The molecule has 4 nitrogen and oxygen atoms in total. The van der Waals surface area contributed by atoms with Gasteiger partial charge in [0.25, 0.3) is 0 Å². The molecule has 2 rings (SSSR count). The number of hydrogen-bond donors (Lipinski definition) is 2. The van der Waals surface area contributed by atoms with Gasteiger partial charge in [-0.25, -0.2) is 0 Å². The van der Waals surface area contributed by atoms with Crippen LogP contribution in [0.1, 0.15) is 30.2 Å². The van der Waals surface area contributed by atoms with E-state index < -0.39 is 6.10 Å². The molecule has 0 aromatic heterocycles. The van der Waals surface area contributed by atoms with Crippen LogP contribution in [0.15, 0.2) is 48.5 Å². The van der Waals surface area contributed by atoms with Crippen LogP contribution in [0.5, 0.6) is 11.5 Å². The van der Waals surface area contributed by atoms with Gasteiger partial charge in [-0.3, -0.25) is 0 Å². The third-order valence-corrected chi connectivity index (χ3v) is 3.71. The highest BCUT2D eigenvalue weighted by atomic mass is 16.5. The second-order valence-corrected chi connectivity index (χ2v) is 5.16. The van der Waals surface area contributed by atoms with Crippen molar-refractivity contribution in [2.75, 3.05) is 20.8 Å². The minimum atomic E-state index is -0.541. The van der Waals surface area contributed by atoms with Crippen molar-refractivity contribution in [1.82, 2.24) is 5.32 Å². The molecule has 0 saturated heterocycles. The van der Waals surface area contributed by atoms with E-state index in [4.69, 9.17) is 9.47 Å². The second kappa shape index (κ2) is 7.82. The van der Waals surface area contributed by atoms with Crippen molar-refractivity contribution < 1.29 is 14.6 Å². The fourth-order valence-corrected chi connectivity index (χ4v) is 2.37. The fourth-order valence-electron chi connectivity index (χ4n) is 2.37. The van der Waals surface area contributed by atoms with E-state index in [0.29, 0.717) is 6.54 Å². The summed E-state index contributed by atoms with van der Waals surface area (Å²) in [6, 6.07) is 15.4. The molecule has 4 heteroatoms. The van der Waals surface area contributed by atoms with E-state index in [2.05, 4.69) is 5.32 Å². The molecular weight excluding hydrogens is 278 g/mol. The van der Waals surface area contributed by atoms with Crippen LogP contribution in [0.3, 0.4) is 0 Å². The van der Waals surface area contributed by atoms with Gasteiger partial charge in [0, 0.05) is 18.2 Å². The Morgan fingerprint density at radius 3 is 2.41 bits per heavy atom. The molecule has 2 aromatic carbocycles. The Labute approximate surface area is 131 Å². The number of aliphatic hydroxyl groups is 1. The lowest BCUT2D eigenvalue weighted by atomic mass is 10.1. The zero-order valence-corrected chi connectivity index (χ0v) is 13.2. The van der Waals surface area contributed by atoms with Gasteiger partial charge in [-0.2, -0.15) is 0 Å². The first-order chi connectivity index (χ1) is 10.7. The first kappa shape index (κ1) is 16.3. The van der Waals surface area contributed by atoms with Gasteiger partial charge in [-0.05, 0) is 30.7 Å². The van der Waals surface area contributed by atoms with Crippen LogP contribution in [0.2, 0.25) is 0 Å². The van der Waals surface area contributed by atoms with Crippen molar-refractivity contribution >= 4 is 0 Å². The molecule has 0 aliphatic heterocycles. The third kappa shape index (κ3) is 4.00. The van der Waals surface area contributed by atoms with Crippen LogP contribution in [0.4, 0.5) is 0 Å². The van der Waals surface area contributed by atoms with Gasteiger partial charge in [0.1, 0.15) is 11.5 Å². The maximum atomic E-state index is 10.2. The highest BCUT2D eigenvalue weighted by molar-refractivity contribution is 5.42. The minimum absolute atomic E-state index is 0.0309. The number of hydrogen-bond acceptors (Lipinski definition) is 4. The third-order valence-electron chi connectivity index (χ3n) is 3.71. The van der Waals surface area contributed by atoms with E-state index in [0.717, 1.165) is 22.6 Å². The Morgan fingerprint density at radius 2 is 1.77 bits per heavy atom. The molecular formula is C18H23NO3. The average molecular weight is 301 g/mol. The van der Waals surface area contributed by atoms with E-state index in [1.54, 1.807) is 14.2 Å². The van der Waals surface area contributed by atoms with Crippen LogP contribution in [0.25, 0.3) is 0 Å². The Balaban J connectivity index is 2.04. The zero-order chi connectivity index (χ0) is 15.9. The molecule has 0 aliphatic rings. The average Bonchev–Trinajstić information content (AvgIpc) is 2.59. The summed E-state index contributed by atoms with van der Waals surface area (Å²) < 4.78 is 10.7. The fraction of sp³-hybridized carbons (Fsp3) is 0.333. The molecule has 2 N–H and O–H groups in total. The predicted molar refractivity (Wildman–Crippen MR) is 87.4 cm³/mol. The number of ether oxygens (including phenoxy) is 2. The molecule has 0 saturated carbocycles. The van der Waals surface area contributed by atoms with Gasteiger partial charge in [0.05, 0.1) is 20.3 Å². The topological polar surface area (TPSA) is 50.7 Å². The van der Waals surface area contributed by atoms with Crippen molar-refractivity contribution in [2.45, 2.75) is 19.1 Å². The molecule has 0 amide bonds. The number of methoxy groups -OCH3 is 2. The molecule has 118 valence electrons. The van der Waals surface area contributed by atoms with Crippen LogP contribution in [-0.4, -0.2) is 25.9 Å². The lowest BCUT2D eigenvalue weighted by Gasteiger charge is -2.20. The van der Waals surface area contributed by atoms with Crippen molar-refractivity contribution in [2.24, 2.45) is 0 Å². The van der Waals surface area contributed by atoms with Crippen molar-refractivity contribution in [3.63, 3.8) is 0 Å². The Kier molecular flexibility index (Phi) is 5.81. The molecule has 2 unspecified atom stereocenters. The molecule has 2 atom stereocenters. The van der Waals surface area contributed by atoms with Crippen LogP contribution in [0, 0.1) is 0 Å². The van der Waals surface area contributed by atoms with E-state index in [1.165, 1.54) is 0 Å². The van der Waals surface area contributed by atoms with Crippen molar-refractivity contribution in [3.8, 4) is 11.5 Å². The Morgan fingerprint density at radius 1 is 1.05 bits per heavy atom. The molecule has 0 heterocycles. The molecule has 22 heavy (non-hydrogen) atoms. The second-order valence-electron chi connectivity index (χ2n) is 5.16. The standard InChI is InChI=1S/C18H23NO3/c1-13(16-11-15(21-2)9-10-18(16)22-3)19-12-17(20)14-7-5-4-6-8-14/h4-11,13,17,19-20H,12H2,1-3H3. The number of benzene rings is 2. The number of nitrogens with one attached hydrogen (secondary N) is 1. The lowest BCUT2D eigenvalue weighted by molar-refractivity contribution is 0.170. The minimum Gasteiger partial charge on any atom is -0.497 e. The SMILES string of the molecule is COc1ccc(OC)c(C(C)NCC(O)c2ccccc2)c1. The van der Waals surface area contributed by atoms with E-state index >= 15 is 0 Å². The van der Waals surface area contributed by atoms with Crippen molar-refractivity contribution in [1.29, 1.82) is 0 Å². The van der Waals surface area contributed by atoms with Gasteiger partial charge in [0.2, 0.25) is 0 Å². The summed E-state index contributed by atoms with van der Waals surface area (Å²) in [5.74, 6) is 1.59. The summed E-state index contributed by atoms with van der Waals surface area (Å²) in [4.78, 5) is 0. The summed E-state index contributed by atoms with van der Waals surface area (Å²) in [6.45, 7) is 2.50.